The minimum Gasteiger partial charge on any atom is -0.480 e. The van der Waals surface area contributed by atoms with Crippen LogP contribution in [0.15, 0.2) is 58.4 Å². The van der Waals surface area contributed by atoms with Crippen molar-refractivity contribution in [1.29, 1.82) is 0 Å². The zero-order chi connectivity index (χ0) is 20.7. The summed E-state index contributed by atoms with van der Waals surface area (Å²) >= 11 is 1.97. The second-order valence-corrected chi connectivity index (χ2v) is 9.04. The lowest BCUT2D eigenvalue weighted by atomic mass is 9.77. The number of rotatable bonds is 4. The summed E-state index contributed by atoms with van der Waals surface area (Å²) in [5.74, 6) is -3.53. The molecule has 0 aliphatic carbocycles. The van der Waals surface area contributed by atoms with E-state index < -0.39 is 28.9 Å². The second-order valence-electron chi connectivity index (χ2n) is 6.87. The van der Waals surface area contributed by atoms with Crippen LogP contribution in [0.3, 0.4) is 0 Å². The Morgan fingerprint density at radius 2 is 1.72 bits per heavy atom. The Morgan fingerprint density at radius 1 is 1.07 bits per heavy atom. The molecule has 0 radical (unpaired) electrons. The largest absolute Gasteiger partial charge is 0.480 e. The van der Waals surface area contributed by atoms with Crippen LogP contribution < -0.4 is 4.87 Å². The van der Waals surface area contributed by atoms with Gasteiger partial charge in [-0.15, -0.1) is 0 Å². The van der Waals surface area contributed by atoms with Crippen molar-refractivity contribution in [3.63, 3.8) is 0 Å². The van der Waals surface area contributed by atoms with Crippen molar-refractivity contribution in [1.82, 2.24) is 4.98 Å². The van der Waals surface area contributed by atoms with Crippen LogP contribution in [0.1, 0.15) is 32.3 Å². The zero-order valence-electron chi connectivity index (χ0n) is 15.2. The molecule has 148 valence electrons. The topological polar surface area (TPSA) is 87.2 Å². The van der Waals surface area contributed by atoms with E-state index in [4.69, 9.17) is 0 Å². The first-order valence-electron chi connectivity index (χ1n) is 8.84. The highest BCUT2D eigenvalue weighted by molar-refractivity contribution is 8.00. The highest BCUT2D eigenvalue weighted by Crippen LogP contribution is 2.50. The van der Waals surface area contributed by atoms with Gasteiger partial charge in [0.25, 0.3) is 0 Å². The van der Waals surface area contributed by atoms with Gasteiger partial charge in [-0.1, -0.05) is 52.9 Å². The van der Waals surface area contributed by atoms with Crippen molar-refractivity contribution in [2.45, 2.75) is 23.1 Å². The van der Waals surface area contributed by atoms with Crippen molar-refractivity contribution in [2.75, 3.05) is 0 Å². The smallest absolute Gasteiger partial charge is 0.317 e. The van der Waals surface area contributed by atoms with Gasteiger partial charge in [0.2, 0.25) is 0 Å². The number of hydrogen-bond acceptors (Lipinski definition) is 5. The number of ketones is 1. The first kappa shape index (κ1) is 19.6. The normalized spacial score (nSPS) is 20.8. The maximum atomic E-state index is 13.4. The molecular weight excluding hydrogens is 413 g/mol. The number of carboxylic acids is 1. The Morgan fingerprint density at radius 3 is 2.34 bits per heavy atom. The standard InChI is InChI=1S/C21H16FNO4S2/c1-10-2-4-11(5-3-10)14-15(16(24)12-6-8-13(22)9-7-12)18(20(25)26)28-19-17(14)29-21(27)23-19/h2-9,14-15,18H,1H3,(H,23,27)(H,25,26)/t14-,15+,18+/m0/s1. The zero-order valence-corrected chi connectivity index (χ0v) is 16.9. The first-order chi connectivity index (χ1) is 13.8. The lowest BCUT2D eigenvalue weighted by Crippen LogP contribution is -2.39. The van der Waals surface area contributed by atoms with Crippen LogP contribution in [-0.2, 0) is 4.79 Å². The molecule has 2 heterocycles. The molecule has 0 fully saturated rings. The fraction of sp³-hybridized carbons (Fsp3) is 0.190. The Labute approximate surface area is 173 Å². The van der Waals surface area contributed by atoms with Crippen LogP contribution in [0, 0.1) is 18.7 Å². The number of benzene rings is 2. The van der Waals surface area contributed by atoms with Crippen LogP contribution in [0.25, 0.3) is 0 Å². The van der Waals surface area contributed by atoms with Crippen molar-refractivity contribution in [3.8, 4) is 0 Å². The van der Waals surface area contributed by atoms with E-state index in [0.29, 0.717) is 9.90 Å². The maximum absolute atomic E-state index is 13.4. The maximum Gasteiger partial charge on any atom is 0.317 e. The number of aryl methyl sites for hydroxylation is 1. The molecule has 5 nitrogen and oxygen atoms in total. The van der Waals surface area contributed by atoms with Gasteiger partial charge in [0.1, 0.15) is 11.1 Å². The van der Waals surface area contributed by atoms with Crippen molar-refractivity contribution in [3.05, 3.63) is 85.6 Å². The molecule has 0 amide bonds. The molecule has 0 saturated carbocycles. The molecule has 3 aromatic rings. The molecule has 3 atom stereocenters. The number of H-pyrrole nitrogens is 1. The SMILES string of the molecule is Cc1ccc([C@@H]2c3sc(=O)[nH]c3S[C@@H](C(=O)O)[C@H]2C(=O)c2ccc(F)cc2)cc1. The summed E-state index contributed by atoms with van der Waals surface area (Å²) in [4.78, 5) is 40.6. The van der Waals surface area contributed by atoms with E-state index in [-0.39, 0.29) is 16.2 Å². The fourth-order valence-corrected chi connectivity index (χ4v) is 6.01. The number of aliphatic carboxylic acids is 1. The lowest BCUT2D eigenvalue weighted by molar-refractivity contribution is -0.137. The van der Waals surface area contributed by atoms with Gasteiger partial charge >= 0.3 is 10.8 Å². The number of thiazole rings is 1. The summed E-state index contributed by atoms with van der Waals surface area (Å²) in [6.45, 7) is 1.93. The highest BCUT2D eigenvalue weighted by Gasteiger charge is 2.47. The molecule has 2 aromatic carbocycles. The molecule has 29 heavy (non-hydrogen) atoms. The predicted molar refractivity (Wildman–Crippen MR) is 109 cm³/mol. The van der Waals surface area contributed by atoms with Crippen molar-refractivity contribution >= 4 is 34.9 Å². The van der Waals surface area contributed by atoms with Gasteiger partial charge in [0.15, 0.2) is 5.78 Å². The number of thioether (sulfide) groups is 1. The summed E-state index contributed by atoms with van der Waals surface area (Å²) in [7, 11) is 0. The van der Waals surface area contributed by atoms with Crippen LogP contribution in [-0.4, -0.2) is 27.1 Å². The molecular formula is C21H16FNO4S2. The van der Waals surface area contributed by atoms with E-state index in [2.05, 4.69) is 4.98 Å². The molecule has 1 aliphatic heterocycles. The molecule has 0 bridgehead atoms. The third-order valence-electron chi connectivity index (χ3n) is 4.97. The third-order valence-corrected chi connectivity index (χ3v) is 7.37. The van der Waals surface area contributed by atoms with Crippen LogP contribution in [0.4, 0.5) is 4.39 Å². The monoisotopic (exact) mass is 429 g/mol. The van der Waals surface area contributed by atoms with E-state index in [9.17, 15) is 23.9 Å². The van der Waals surface area contributed by atoms with E-state index >= 15 is 0 Å². The Bertz CT molecular complexity index is 1130. The van der Waals surface area contributed by atoms with E-state index in [1.54, 1.807) is 0 Å². The van der Waals surface area contributed by atoms with Crippen LogP contribution in [0.2, 0.25) is 0 Å². The number of aromatic nitrogens is 1. The van der Waals surface area contributed by atoms with Gasteiger partial charge in [-0.05, 0) is 36.8 Å². The van der Waals surface area contributed by atoms with Gasteiger partial charge < -0.3 is 10.1 Å². The van der Waals surface area contributed by atoms with Crippen molar-refractivity contribution in [2.24, 2.45) is 5.92 Å². The van der Waals surface area contributed by atoms with Gasteiger partial charge in [-0.2, -0.15) is 0 Å². The molecule has 0 unspecified atom stereocenters. The number of nitrogens with one attached hydrogen (secondary N) is 1. The summed E-state index contributed by atoms with van der Waals surface area (Å²) in [5, 5.41) is 9.27. The van der Waals surface area contributed by atoms with E-state index in [1.807, 2.05) is 31.2 Å². The number of hydrogen-bond donors (Lipinski definition) is 2. The number of aromatic amines is 1. The number of Topliss-reactive ketones (excluding diaryl/α,β-unsaturated/α-hetero) is 1. The molecule has 8 heteroatoms. The summed E-state index contributed by atoms with van der Waals surface area (Å²) in [6, 6.07) is 12.6. The fourth-order valence-electron chi connectivity index (χ4n) is 3.59. The molecule has 0 spiro atoms. The number of fused-ring (bicyclic) bond motifs is 1. The molecule has 4 rings (SSSR count). The van der Waals surface area contributed by atoms with Gasteiger partial charge in [0, 0.05) is 16.4 Å². The minimum atomic E-state index is -1.13. The van der Waals surface area contributed by atoms with Crippen LogP contribution >= 0.6 is 23.1 Å². The highest BCUT2D eigenvalue weighted by atomic mass is 32.2. The Balaban J connectivity index is 1.90. The minimum absolute atomic E-state index is 0.242. The summed E-state index contributed by atoms with van der Waals surface area (Å²) < 4.78 is 13.3. The predicted octanol–water partition coefficient (Wildman–Crippen LogP) is 4.07. The molecule has 0 saturated heterocycles. The molecule has 2 N–H and O–H groups in total. The van der Waals surface area contributed by atoms with Gasteiger partial charge in [-0.3, -0.25) is 14.4 Å². The van der Waals surface area contributed by atoms with E-state index in [0.717, 1.165) is 34.2 Å². The summed E-state index contributed by atoms with van der Waals surface area (Å²) in [6.07, 6.45) is 0. The average Bonchev–Trinajstić information content (AvgIpc) is 3.07. The van der Waals surface area contributed by atoms with Crippen LogP contribution in [0.5, 0.6) is 0 Å². The number of carbonyl (C=O) groups excluding carboxylic acids is 1. The van der Waals surface area contributed by atoms with Gasteiger partial charge in [0.05, 0.1) is 10.9 Å². The molecule has 1 aromatic heterocycles. The Kier molecular flexibility index (Phi) is 5.14. The Hall–Kier alpha value is -2.71. The van der Waals surface area contributed by atoms with Gasteiger partial charge in [-0.25, -0.2) is 4.39 Å². The average molecular weight is 429 g/mol. The third kappa shape index (κ3) is 3.65. The number of carbonyl (C=O) groups is 2. The second kappa shape index (κ2) is 7.61. The summed E-state index contributed by atoms with van der Waals surface area (Å²) in [5.41, 5.74) is 2.03. The number of halogens is 1. The molecule has 1 aliphatic rings. The quantitative estimate of drug-likeness (QED) is 0.611. The van der Waals surface area contributed by atoms with E-state index in [1.165, 1.54) is 24.3 Å². The first-order valence-corrected chi connectivity index (χ1v) is 10.5. The lowest BCUT2D eigenvalue weighted by Gasteiger charge is -2.34. The number of carboxylic acid groups (broad SMARTS) is 1. The van der Waals surface area contributed by atoms with Crippen molar-refractivity contribution < 1.29 is 19.1 Å².